The lowest BCUT2D eigenvalue weighted by Crippen LogP contribution is -2.23. The molecule has 27 heavy (non-hydrogen) atoms. The molecule has 2 aromatic heterocycles. The fourth-order valence-electron chi connectivity index (χ4n) is 3.35. The van der Waals surface area contributed by atoms with Crippen LogP contribution in [0.2, 0.25) is 0 Å². The Hall–Kier alpha value is -2.67. The topological polar surface area (TPSA) is 72.7 Å². The third-order valence-electron chi connectivity index (χ3n) is 4.58. The number of carbonyl (C=O) groups excluding carboxylic acids is 1. The molecule has 1 aliphatic heterocycles. The SMILES string of the molecule is Cc1cc(C)nc(-n2nc(C)c3c2NC(=O)[C@H](C)S[C@H]3c2ccccc2)n1. The van der Waals surface area contributed by atoms with Crippen molar-refractivity contribution >= 4 is 23.5 Å². The second-order valence-electron chi connectivity index (χ2n) is 6.77. The predicted molar refractivity (Wildman–Crippen MR) is 107 cm³/mol. The predicted octanol–water partition coefficient (Wildman–Crippen LogP) is 3.75. The Balaban J connectivity index is 1.93. The van der Waals surface area contributed by atoms with E-state index in [1.807, 2.05) is 52.0 Å². The number of thioether (sulfide) groups is 1. The number of aryl methyl sites for hydroxylation is 3. The lowest BCUT2D eigenvalue weighted by atomic mass is 10.0. The fraction of sp³-hybridized carbons (Fsp3) is 0.300. The third-order valence-corrected chi connectivity index (χ3v) is 5.98. The van der Waals surface area contributed by atoms with Crippen molar-refractivity contribution in [1.82, 2.24) is 19.7 Å². The van der Waals surface area contributed by atoms with Gasteiger partial charge in [-0.3, -0.25) is 4.79 Å². The number of benzene rings is 1. The summed E-state index contributed by atoms with van der Waals surface area (Å²) in [5.41, 5.74) is 4.75. The molecule has 0 bridgehead atoms. The van der Waals surface area contributed by atoms with Crippen molar-refractivity contribution in [3.63, 3.8) is 0 Å². The summed E-state index contributed by atoms with van der Waals surface area (Å²) >= 11 is 1.63. The molecule has 0 aliphatic carbocycles. The van der Waals surface area contributed by atoms with Crippen molar-refractivity contribution in [3.05, 3.63) is 64.6 Å². The van der Waals surface area contributed by atoms with Crippen LogP contribution in [-0.2, 0) is 4.79 Å². The molecule has 2 atom stereocenters. The molecular formula is C20H21N5OS. The van der Waals surface area contributed by atoms with E-state index in [1.165, 1.54) is 0 Å². The Morgan fingerprint density at radius 3 is 2.41 bits per heavy atom. The third kappa shape index (κ3) is 3.23. The van der Waals surface area contributed by atoms with Crippen LogP contribution in [0, 0.1) is 20.8 Å². The van der Waals surface area contributed by atoms with Crippen LogP contribution in [0.15, 0.2) is 36.4 Å². The molecule has 0 fully saturated rings. The van der Waals surface area contributed by atoms with Crippen molar-refractivity contribution in [2.45, 2.75) is 38.2 Å². The van der Waals surface area contributed by atoms with Gasteiger partial charge in [-0.05, 0) is 39.3 Å². The van der Waals surface area contributed by atoms with Gasteiger partial charge in [0.2, 0.25) is 5.91 Å². The van der Waals surface area contributed by atoms with Crippen LogP contribution in [0.1, 0.15) is 40.4 Å². The minimum atomic E-state index is -0.185. The first kappa shape index (κ1) is 17.7. The highest BCUT2D eigenvalue weighted by Gasteiger charge is 2.34. The van der Waals surface area contributed by atoms with Crippen LogP contribution in [0.5, 0.6) is 0 Å². The molecule has 1 N–H and O–H groups in total. The molecule has 0 radical (unpaired) electrons. The molecule has 138 valence electrons. The van der Waals surface area contributed by atoms with Gasteiger partial charge < -0.3 is 5.32 Å². The molecule has 4 rings (SSSR count). The van der Waals surface area contributed by atoms with Gasteiger partial charge in [-0.15, -0.1) is 11.8 Å². The van der Waals surface area contributed by atoms with E-state index < -0.39 is 0 Å². The van der Waals surface area contributed by atoms with Crippen LogP contribution in [0.3, 0.4) is 0 Å². The van der Waals surface area contributed by atoms with Crippen LogP contribution < -0.4 is 5.32 Å². The number of anilines is 1. The Kier molecular flexibility index (Phi) is 4.47. The summed E-state index contributed by atoms with van der Waals surface area (Å²) in [6.45, 7) is 7.76. The van der Waals surface area contributed by atoms with E-state index in [4.69, 9.17) is 0 Å². The first-order chi connectivity index (χ1) is 12.9. The van der Waals surface area contributed by atoms with Gasteiger partial charge in [0.15, 0.2) is 0 Å². The summed E-state index contributed by atoms with van der Waals surface area (Å²) in [7, 11) is 0. The number of nitrogens with zero attached hydrogens (tertiary/aromatic N) is 4. The molecule has 6 nitrogen and oxygen atoms in total. The number of hydrogen-bond donors (Lipinski definition) is 1. The van der Waals surface area contributed by atoms with E-state index in [9.17, 15) is 4.79 Å². The molecule has 3 aromatic rings. The number of amides is 1. The zero-order chi connectivity index (χ0) is 19.1. The second kappa shape index (κ2) is 6.81. The molecule has 1 amide bonds. The molecule has 0 unspecified atom stereocenters. The smallest absolute Gasteiger partial charge is 0.252 e. The largest absolute Gasteiger partial charge is 0.309 e. The second-order valence-corrected chi connectivity index (χ2v) is 8.22. The summed E-state index contributed by atoms with van der Waals surface area (Å²) in [6.07, 6.45) is 0. The molecule has 1 aliphatic rings. The van der Waals surface area contributed by atoms with Gasteiger partial charge in [0, 0.05) is 17.0 Å². The first-order valence-corrected chi connectivity index (χ1v) is 9.81. The Bertz CT molecular complexity index is 994. The molecule has 1 aromatic carbocycles. The fourth-order valence-corrected chi connectivity index (χ4v) is 4.67. The summed E-state index contributed by atoms with van der Waals surface area (Å²) in [5, 5.41) is 7.57. The molecule has 0 saturated carbocycles. The molecule has 0 saturated heterocycles. The number of carbonyl (C=O) groups is 1. The van der Waals surface area contributed by atoms with Crippen molar-refractivity contribution in [3.8, 4) is 5.95 Å². The van der Waals surface area contributed by atoms with E-state index in [0.29, 0.717) is 11.8 Å². The monoisotopic (exact) mass is 379 g/mol. The van der Waals surface area contributed by atoms with E-state index in [-0.39, 0.29) is 16.4 Å². The maximum absolute atomic E-state index is 12.7. The molecular weight excluding hydrogens is 358 g/mol. The number of hydrogen-bond acceptors (Lipinski definition) is 5. The zero-order valence-corrected chi connectivity index (χ0v) is 16.5. The van der Waals surface area contributed by atoms with Crippen LogP contribution >= 0.6 is 11.8 Å². The van der Waals surface area contributed by atoms with E-state index in [1.54, 1.807) is 16.4 Å². The van der Waals surface area contributed by atoms with Crippen LogP contribution in [0.4, 0.5) is 5.82 Å². The summed E-state index contributed by atoms with van der Waals surface area (Å²) in [5.74, 6) is 1.10. The van der Waals surface area contributed by atoms with E-state index >= 15 is 0 Å². The van der Waals surface area contributed by atoms with E-state index in [2.05, 4.69) is 32.5 Å². The lowest BCUT2D eigenvalue weighted by Gasteiger charge is -2.17. The Morgan fingerprint density at radius 2 is 1.74 bits per heavy atom. The number of aromatic nitrogens is 4. The average molecular weight is 379 g/mol. The average Bonchev–Trinajstić information content (AvgIpc) is 2.88. The van der Waals surface area contributed by atoms with Crippen molar-refractivity contribution in [1.29, 1.82) is 0 Å². The van der Waals surface area contributed by atoms with Gasteiger partial charge in [-0.2, -0.15) is 9.78 Å². The number of fused-ring (bicyclic) bond motifs is 1. The standard InChI is InChI=1S/C20H21N5OS/c1-11-10-12(2)22-20(21-11)25-18-16(13(3)24-25)17(15-8-6-5-7-9-15)27-14(4)19(26)23-18/h5-10,14,17H,1-4H3,(H,23,26)/t14-,17-/m0/s1. The number of nitrogens with one attached hydrogen (secondary N) is 1. The quantitative estimate of drug-likeness (QED) is 0.734. The summed E-state index contributed by atoms with van der Waals surface area (Å²) in [4.78, 5) is 21.7. The van der Waals surface area contributed by atoms with Gasteiger partial charge in [0.05, 0.1) is 16.2 Å². The minimum absolute atomic E-state index is 0.00908. The Labute approximate surface area is 162 Å². The van der Waals surface area contributed by atoms with Gasteiger partial charge >= 0.3 is 0 Å². The maximum Gasteiger partial charge on any atom is 0.252 e. The normalized spacial score (nSPS) is 19.3. The maximum atomic E-state index is 12.7. The highest BCUT2D eigenvalue weighted by molar-refractivity contribution is 8.01. The summed E-state index contributed by atoms with van der Waals surface area (Å²) in [6, 6.07) is 12.1. The zero-order valence-electron chi connectivity index (χ0n) is 15.7. The summed E-state index contributed by atoms with van der Waals surface area (Å²) < 4.78 is 1.66. The van der Waals surface area contributed by atoms with Crippen molar-refractivity contribution in [2.24, 2.45) is 0 Å². The van der Waals surface area contributed by atoms with Crippen LogP contribution in [-0.4, -0.2) is 30.9 Å². The molecule has 7 heteroatoms. The highest BCUT2D eigenvalue weighted by atomic mass is 32.2. The van der Waals surface area contributed by atoms with Gasteiger partial charge in [0.1, 0.15) is 5.82 Å². The lowest BCUT2D eigenvalue weighted by molar-refractivity contribution is -0.115. The Morgan fingerprint density at radius 1 is 1.07 bits per heavy atom. The minimum Gasteiger partial charge on any atom is -0.309 e. The highest BCUT2D eigenvalue weighted by Crippen LogP contribution is 2.45. The van der Waals surface area contributed by atoms with Gasteiger partial charge in [0.25, 0.3) is 5.95 Å². The van der Waals surface area contributed by atoms with Gasteiger partial charge in [-0.25, -0.2) is 9.97 Å². The molecule has 3 heterocycles. The van der Waals surface area contributed by atoms with Crippen LogP contribution in [0.25, 0.3) is 5.95 Å². The van der Waals surface area contributed by atoms with Crippen molar-refractivity contribution in [2.75, 3.05) is 5.32 Å². The van der Waals surface area contributed by atoms with E-state index in [0.717, 1.165) is 28.2 Å². The van der Waals surface area contributed by atoms with Gasteiger partial charge in [-0.1, -0.05) is 30.3 Å². The molecule has 0 spiro atoms. The van der Waals surface area contributed by atoms with Crippen molar-refractivity contribution < 1.29 is 4.79 Å². The first-order valence-electron chi connectivity index (χ1n) is 8.87. The number of rotatable bonds is 2.